The summed E-state index contributed by atoms with van der Waals surface area (Å²) >= 11 is 1.85. The molecule has 1 aromatic heterocycles. The zero-order valence-electron chi connectivity index (χ0n) is 8.95. The highest BCUT2D eigenvalue weighted by atomic mass is 32.2. The Bertz CT molecular complexity index is 415. The van der Waals surface area contributed by atoms with Gasteiger partial charge >= 0.3 is 0 Å². The normalized spacial score (nSPS) is 10.5. The van der Waals surface area contributed by atoms with E-state index >= 15 is 0 Å². The van der Waals surface area contributed by atoms with Crippen LogP contribution in [0.3, 0.4) is 0 Å². The number of nitrogens with zero attached hydrogens (tertiary/aromatic N) is 1. The lowest BCUT2D eigenvalue weighted by Gasteiger charge is -2.01. The number of aryl methyl sites for hydroxylation is 2. The van der Waals surface area contributed by atoms with Gasteiger partial charge < -0.3 is 0 Å². The standard InChI is InChI=1S/C12H14N2S/c1-9-12(10(2)14-13-9)8-15-11-6-4-3-5-7-11/h3-7H,8H2,1-2H3,(H,13,14). The highest BCUT2D eigenvalue weighted by Crippen LogP contribution is 2.24. The van der Waals surface area contributed by atoms with Crippen LogP contribution in [-0.2, 0) is 5.75 Å². The fourth-order valence-electron chi connectivity index (χ4n) is 1.46. The minimum Gasteiger partial charge on any atom is -0.282 e. The van der Waals surface area contributed by atoms with E-state index in [2.05, 4.69) is 41.4 Å². The van der Waals surface area contributed by atoms with Crippen molar-refractivity contribution in [2.75, 3.05) is 0 Å². The van der Waals surface area contributed by atoms with Crippen LogP contribution >= 0.6 is 11.8 Å². The third-order valence-electron chi connectivity index (χ3n) is 2.41. The molecule has 1 N–H and O–H groups in total. The Hall–Kier alpha value is -1.22. The van der Waals surface area contributed by atoms with Crippen molar-refractivity contribution >= 4 is 11.8 Å². The van der Waals surface area contributed by atoms with E-state index in [4.69, 9.17) is 0 Å². The van der Waals surface area contributed by atoms with Crippen molar-refractivity contribution < 1.29 is 0 Å². The van der Waals surface area contributed by atoms with E-state index in [9.17, 15) is 0 Å². The number of rotatable bonds is 3. The summed E-state index contributed by atoms with van der Waals surface area (Å²) in [7, 11) is 0. The first-order chi connectivity index (χ1) is 7.27. The highest BCUT2D eigenvalue weighted by Gasteiger charge is 2.06. The van der Waals surface area contributed by atoms with Crippen LogP contribution in [0.1, 0.15) is 17.0 Å². The van der Waals surface area contributed by atoms with E-state index in [0.717, 1.165) is 11.4 Å². The summed E-state index contributed by atoms with van der Waals surface area (Å²) < 4.78 is 0. The minimum absolute atomic E-state index is 0.984. The van der Waals surface area contributed by atoms with Crippen LogP contribution in [0, 0.1) is 13.8 Å². The van der Waals surface area contributed by atoms with Crippen LogP contribution in [-0.4, -0.2) is 10.2 Å². The molecule has 0 aliphatic heterocycles. The molecule has 15 heavy (non-hydrogen) atoms. The monoisotopic (exact) mass is 218 g/mol. The van der Waals surface area contributed by atoms with Crippen LogP contribution in [0.15, 0.2) is 35.2 Å². The lowest BCUT2D eigenvalue weighted by molar-refractivity contribution is 1.02. The second kappa shape index (κ2) is 4.53. The van der Waals surface area contributed by atoms with E-state index in [1.165, 1.54) is 16.2 Å². The quantitative estimate of drug-likeness (QED) is 0.801. The molecule has 78 valence electrons. The molecule has 2 aromatic rings. The maximum Gasteiger partial charge on any atom is 0.0634 e. The first-order valence-electron chi connectivity index (χ1n) is 4.95. The predicted octanol–water partition coefficient (Wildman–Crippen LogP) is 3.32. The van der Waals surface area contributed by atoms with Crippen molar-refractivity contribution in [3.8, 4) is 0 Å². The molecular formula is C12H14N2S. The van der Waals surface area contributed by atoms with Gasteiger partial charge in [0.05, 0.1) is 5.69 Å². The van der Waals surface area contributed by atoms with Crippen molar-refractivity contribution in [1.29, 1.82) is 0 Å². The summed E-state index contributed by atoms with van der Waals surface area (Å²) in [6.45, 7) is 4.12. The first-order valence-corrected chi connectivity index (χ1v) is 5.94. The van der Waals surface area contributed by atoms with Gasteiger partial charge in [0.1, 0.15) is 0 Å². The van der Waals surface area contributed by atoms with Crippen LogP contribution in [0.5, 0.6) is 0 Å². The predicted molar refractivity (Wildman–Crippen MR) is 64.1 cm³/mol. The average molecular weight is 218 g/mol. The Morgan fingerprint density at radius 3 is 2.53 bits per heavy atom. The number of aromatic amines is 1. The number of aromatic nitrogens is 2. The Morgan fingerprint density at radius 2 is 1.93 bits per heavy atom. The van der Waals surface area contributed by atoms with Gasteiger partial charge in [0.15, 0.2) is 0 Å². The Labute approximate surface area is 94.1 Å². The zero-order chi connectivity index (χ0) is 10.7. The van der Waals surface area contributed by atoms with E-state index < -0.39 is 0 Å². The van der Waals surface area contributed by atoms with Gasteiger partial charge in [-0.1, -0.05) is 18.2 Å². The molecule has 0 amide bonds. The molecule has 0 saturated carbocycles. The molecular weight excluding hydrogens is 204 g/mol. The molecule has 2 nitrogen and oxygen atoms in total. The van der Waals surface area contributed by atoms with Crippen molar-refractivity contribution in [2.45, 2.75) is 24.5 Å². The van der Waals surface area contributed by atoms with E-state index in [-0.39, 0.29) is 0 Å². The van der Waals surface area contributed by atoms with Crippen molar-refractivity contribution in [2.24, 2.45) is 0 Å². The van der Waals surface area contributed by atoms with Crippen LogP contribution < -0.4 is 0 Å². The second-order valence-electron chi connectivity index (χ2n) is 3.51. The molecule has 1 heterocycles. The van der Waals surface area contributed by atoms with Gasteiger partial charge in [0, 0.05) is 21.9 Å². The zero-order valence-corrected chi connectivity index (χ0v) is 9.77. The summed E-state index contributed by atoms with van der Waals surface area (Å²) in [6, 6.07) is 10.4. The van der Waals surface area contributed by atoms with Gasteiger partial charge in [-0.05, 0) is 26.0 Å². The van der Waals surface area contributed by atoms with Gasteiger partial charge in [-0.3, -0.25) is 5.10 Å². The SMILES string of the molecule is Cc1n[nH]c(C)c1CSc1ccccc1. The Morgan fingerprint density at radius 1 is 1.20 bits per heavy atom. The average Bonchev–Trinajstić information content (AvgIpc) is 2.58. The number of nitrogens with one attached hydrogen (secondary N) is 1. The van der Waals surface area contributed by atoms with Crippen LogP contribution in [0.2, 0.25) is 0 Å². The lowest BCUT2D eigenvalue weighted by atomic mass is 10.2. The molecule has 3 heteroatoms. The molecule has 0 spiro atoms. The summed E-state index contributed by atoms with van der Waals surface area (Å²) in [6.07, 6.45) is 0. The van der Waals surface area contributed by atoms with Crippen LogP contribution in [0.25, 0.3) is 0 Å². The highest BCUT2D eigenvalue weighted by molar-refractivity contribution is 7.98. The Balaban J connectivity index is 2.05. The third-order valence-corrected chi connectivity index (χ3v) is 3.45. The number of hydrogen-bond donors (Lipinski definition) is 1. The largest absolute Gasteiger partial charge is 0.282 e. The van der Waals surface area contributed by atoms with Crippen molar-refractivity contribution in [3.63, 3.8) is 0 Å². The van der Waals surface area contributed by atoms with Crippen LogP contribution in [0.4, 0.5) is 0 Å². The number of thioether (sulfide) groups is 1. The fourth-order valence-corrected chi connectivity index (χ4v) is 2.54. The Kier molecular flexibility index (Phi) is 3.11. The molecule has 0 atom stereocenters. The molecule has 2 rings (SSSR count). The molecule has 0 aliphatic rings. The van der Waals surface area contributed by atoms with Crippen molar-refractivity contribution in [1.82, 2.24) is 10.2 Å². The summed E-state index contributed by atoms with van der Waals surface area (Å²) in [5.41, 5.74) is 3.61. The molecule has 0 saturated heterocycles. The third kappa shape index (κ3) is 2.42. The number of benzene rings is 1. The maximum absolute atomic E-state index is 4.19. The van der Waals surface area contributed by atoms with Gasteiger partial charge in [-0.2, -0.15) is 5.10 Å². The minimum atomic E-state index is 0.984. The van der Waals surface area contributed by atoms with Gasteiger partial charge in [-0.25, -0.2) is 0 Å². The maximum atomic E-state index is 4.19. The summed E-state index contributed by atoms with van der Waals surface area (Å²) in [5.74, 6) is 0.984. The van der Waals surface area contributed by atoms with Gasteiger partial charge in [0.2, 0.25) is 0 Å². The fraction of sp³-hybridized carbons (Fsp3) is 0.250. The molecule has 0 radical (unpaired) electrons. The molecule has 1 aromatic carbocycles. The number of hydrogen-bond acceptors (Lipinski definition) is 2. The van der Waals surface area contributed by atoms with E-state index in [0.29, 0.717) is 0 Å². The second-order valence-corrected chi connectivity index (χ2v) is 4.56. The van der Waals surface area contributed by atoms with Gasteiger partial charge in [0.25, 0.3) is 0 Å². The number of H-pyrrole nitrogens is 1. The van der Waals surface area contributed by atoms with Gasteiger partial charge in [-0.15, -0.1) is 11.8 Å². The van der Waals surface area contributed by atoms with E-state index in [1.54, 1.807) is 0 Å². The molecule has 0 fully saturated rings. The summed E-state index contributed by atoms with van der Waals surface area (Å²) in [4.78, 5) is 1.30. The van der Waals surface area contributed by atoms with E-state index in [1.807, 2.05) is 24.8 Å². The lowest BCUT2D eigenvalue weighted by Crippen LogP contribution is -1.84. The molecule has 0 bridgehead atoms. The topological polar surface area (TPSA) is 28.7 Å². The van der Waals surface area contributed by atoms with Crippen molar-refractivity contribution in [3.05, 3.63) is 47.3 Å². The molecule has 0 unspecified atom stereocenters. The molecule has 0 aliphatic carbocycles. The first kappa shape index (κ1) is 10.3. The summed E-state index contributed by atoms with van der Waals surface area (Å²) in [5, 5.41) is 7.20. The smallest absolute Gasteiger partial charge is 0.0634 e.